The molecule has 0 aliphatic carbocycles. The van der Waals surface area contributed by atoms with E-state index in [0.29, 0.717) is 5.56 Å². The fraction of sp³-hybridized carbons (Fsp3) is 0.0909. The standard InChI is InChI=1S/C11H9F2N3O2/c1-16-10(14)7(4-15-16)5-2-6(11(17)18)9(13)8(12)3-5/h2-4H,14H2,1H3,(H,17,18). The number of aryl methyl sites for hydroxylation is 1. The van der Waals surface area contributed by atoms with Crippen molar-refractivity contribution in [3.63, 3.8) is 0 Å². The van der Waals surface area contributed by atoms with Gasteiger partial charge in [-0.25, -0.2) is 13.6 Å². The third-order valence-corrected chi connectivity index (χ3v) is 2.55. The lowest BCUT2D eigenvalue weighted by atomic mass is 10.0. The molecule has 3 N–H and O–H groups in total. The second kappa shape index (κ2) is 4.10. The summed E-state index contributed by atoms with van der Waals surface area (Å²) in [6.45, 7) is 0. The Labute approximate surface area is 100 Å². The van der Waals surface area contributed by atoms with Crippen LogP contribution in [0.1, 0.15) is 10.4 Å². The number of carboxylic acid groups (broad SMARTS) is 1. The van der Waals surface area contributed by atoms with Gasteiger partial charge >= 0.3 is 5.97 Å². The second-order valence-corrected chi connectivity index (χ2v) is 3.69. The number of aromatic carboxylic acids is 1. The number of aromatic nitrogens is 2. The van der Waals surface area contributed by atoms with Crippen LogP contribution >= 0.6 is 0 Å². The van der Waals surface area contributed by atoms with E-state index in [1.807, 2.05) is 0 Å². The van der Waals surface area contributed by atoms with E-state index in [1.54, 1.807) is 7.05 Å². The largest absolute Gasteiger partial charge is 0.478 e. The van der Waals surface area contributed by atoms with Crippen molar-refractivity contribution >= 4 is 11.8 Å². The van der Waals surface area contributed by atoms with Gasteiger partial charge in [-0.15, -0.1) is 0 Å². The summed E-state index contributed by atoms with van der Waals surface area (Å²) in [5.74, 6) is -3.95. The molecule has 0 radical (unpaired) electrons. The topological polar surface area (TPSA) is 81.1 Å². The Morgan fingerprint density at radius 1 is 1.44 bits per heavy atom. The summed E-state index contributed by atoms with van der Waals surface area (Å²) < 4.78 is 27.9. The van der Waals surface area contributed by atoms with Crippen molar-refractivity contribution in [1.82, 2.24) is 9.78 Å². The Kier molecular flexibility index (Phi) is 2.74. The Bertz CT molecular complexity index is 637. The highest BCUT2D eigenvalue weighted by Gasteiger charge is 2.18. The maximum atomic E-state index is 13.3. The first-order valence-electron chi connectivity index (χ1n) is 4.92. The number of nitrogens with zero attached hydrogens (tertiary/aromatic N) is 2. The summed E-state index contributed by atoms with van der Waals surface area (Å²) in [6.07, 6.45) is 1.35. The minimum absolute atomic E-state index is 0.164. The van der Waals surface area contributed by atoms with Crippen molar-refractivity contribution in [2.75, 3.05) is 5.73 Å². The molecule has 0 amide bonds. The molecule has 0 unspecified atom stereocenters. The van der Waals surface area contributed by atoms with Crippen molar-refractivity contribution in [3.8, 4) is 11.1 Å². The monoisotopic (exact) mass is 253 g/mol. The zero-order valence-electron chi connectivity index (χ0n) is 9.32. The highest BCUT2D eigenvalue weighted by atomic mass is 19.2. The van der Waals surface area contributed by atoms with Crippen molar-refractivity contribution in [2.45, 2.75) is 0 Å². The van der Waals surface area contributed by atoms with E-state index < -0.39 is 23.2 Å². The molecular weight excluding hydrogens is 244 g/mol. The normalized spacial score (nSPS) is 10.6. The van der Waals surface area contributed by atoms with Crippen molar-refractivity contribution in [3.05, 3.63) is 35.5 Å². The van der Waals surface area contributed by atoms with Crippen LogP contribution in [-0.2, 0) is 7.05 Å². The Hall–Kier alpha value is -2.44. The minimum Gasteiger partial charge on any atom is -0.478 e. The minimum atomic E-state index is -1.55. The van der Waals surface area contributed by atoms with Crippen LogP contribution in [0.3, 0.4) is 0 Å². The van der Waals surface area contributed by atoms with Crippen LogP contribution < -0.4 is 5.73 Å². The summed E-state index contributed by atoms with van der Waals surface area (Å²) in [6, 6.07) is 1.91. The van der Waals surface area contributed by atoms with Crippen LogP contribution in [0.5, 0.6) is 0 Å². The molecule has 2 rings (SSSR count). The highest BCUT2D eigenvalue weighted by Crippen LogP contribution is 2.28. The van der Waals surface area contributed by atoms with Crippen LogP contribution in [0.15, 0.2) is 18.3 Å². The van der Waals surface area contributed by atoms with E-state index in [0.717, 1.165) is 12.1 Å². The first kappa shape index (κ1) is 12.0. The molecule has 0 saturated carbocycles. The molecule has 1 aromatic carbocycles. The molecule has 0 atom stereocenters. The van der Waals surface area contributed by atoms with Crippen LogP contribution in [0, 0.1) is 11.6 Å². The summed E-state index contributed by atoms with van der Waals surface area (Å²) in [5.41, 5.74) is 5.45. The molecule has 18 heavy (non-hydrogen) atoms. The van der Waals surface area contributed by atoms with Gasteiger partial charge in [-0.1, -0.05) is 0 Å². The fourth-order valence-corrected chi connectivity index (χ4v) is 1.57. The van der Waals surface area contributed by atoms with E-state index in [2.05, 4.69) is 5.10 Å². The number of nitrogens with two attached hydrogens (primary N) is 1. The molecule has 0 aliphatic rings. The zero-order valence-corrected chi connectivity index (χ0v) is 9.32. The lowest BCUT2D eigenvalue weighted by Crippen LogP contribution is -2.04. The summed E-state index contributed by atoms with van der Waals surface area (Å²) in [4.78, 5) is 10.8. The Morgan fingerprint density at radius 3 is 2.61 bits per heavy atom. The van der Waals surface area contributed by atoms with Crippen molar-refractivity contribution < 1.29 is 18.7 Å². The molecule has 0 spiro atoms. The SMILES string of the molecule is Cn1ncc(-c2cc(F)c(F)c(C(=O)O)c2)c1N. The van der Waals surface area contributed by atoms with Gasteiger partial charge in [0.15, 0.2) is 11.6 Å². The van der Waals surface area contributed by atoms with Gasteiger partial charge in [0.05, 0.1) is 11.8 Å². The first-order valence-corrected chi connectivity index (χ1v) is 4.92. The quantitative estimate of drug-likeness (QED) is 0.852. The summed E-state index contributed by atoms with van der Waals surface area (Å²) >= 11 is 0. The zero-order chi connectivity index (χ0) is 13.4. The molecule has 0 aliphatic heterocycles. The van der Waals surface area contributed by atoms with E-state index in [4.69, 9.17) is 10.8 Å². The molecule has 5 nitrogen and oxygen atoms in total. The third-order valence-electron chi connectivity index (χ3n) is 2.55. The summed E-state index contributed by atoms with van der Waals surface area (Å²) in [7, 11) is 1.58. The van der Waals surface area contributed by atoms with Crippen LogP contribution in [0.2, 0.25) is 0 Å². The average Bonchev–Trinajstić information content (AvgIpc) is 2.63. The van der Waals surface area contributed by atoms with E-state index in [1.165, 1.54) is 10.9 Å². The average molecular weight is 253 g/mol. The van der Waals surface area contributed by atoms with Gasteiger partial charge in [0.25, 0.3) is 0 Å². The van der Waals surface area contributed by atoms with Gasteiger partial charge in [-0.2, -0.15) is 5.10 Å². The van der Waals surface area contributed by atoms with Gasteiger partial charge in [-0.05, 0) is 17.7 Å². The lowest BCUT2D eigenvalue weighted by Gasteiger charge is -2.05. The smallest absolute Gasteiger partial charge is 0.338 e. The third kappa shape index (κ3) is 1.79. The molecule has 1 heterocycles. The van der Waals surface area contributed by atoms with Crippen LogP contribution in [-0.4, -0.2) is 20.9 Å². The van der Waals surface area contributed by atoms with Gasteiger partial charge < -0.3 is 10.8 Å². The number of anilines is 1. The Balaban J connectivity index is 2.66. The predicted octanol–water partition coefficient (Wildman–Crippen LogP) is 1.65. The second-order valence-electron chi connectivity index (χ2n) is 3.69. The number of carbonyl (C=O) groups is 1. The van der Waals surface area contributed by atoms with Crippen molar-refractivity contribution in [2.24, 2.45) is 7.05 Å². The number of hydrogen-bond donors (Lipinski definition) is 2. The highest BCUT2D eigenvalue weighted by molar-refractivity contribution is 5.90. The maximum Gasteiger partial charge on any atom is 0.338 e. The molecule has 0 saturated heterocycles. The van der Waals surface area contributed by atoms with E-state index in [9.17, 15) is 13.6 Å². The van der Waals surface area contributed by atoms with Gasteiger partial charge in [-0.3, -0.25) is 4.68 Å². The van der Waals surface area contributed by atoms with E-state index >= 15 is 0 Å². The molecular formula is C11H9F2N3O2. The predicted molar refractivity (Wildman–Crippen MR) is 59.9 cm³/mol. The first-order chi connectivity index (χ1) is 8.41. The number of rotatable bonds is 2. The molecule has 0 bridgehead atoms. The fourth-order valence-electron chi connectivity index (χ4n) is 1.57. The number of halogens is 2. The van der Waals surface area contributed by atoms with Gasteiger partial charge in [0.2, 0.25) is 0 Å². The molecule has 2 aromatic rings. The Morgan fingerprint density at radius 2 is 2.11 bits per heavy atom. The maximum absolute atomic E-state index is 13.3. The number of carboxylic acids is 1. The molecule has 1 aromatic heterocycles. The van der Waals surface area contributed by atoms with Crippen LogP contribution in [0.25, 0.3) is 11.1 Å². The van der Waals surface area contributed by atoms with Crippen LogP contribution in [0.4, 0.5) is 14.6 Å². The molecule has 7 heteroatoms. The van der Waals surface area contributed by atoms with Gasteiger partial charge in [0.1, 0.15) is 5.82 Å². The lowest BCUT2D eigenvalue weighted by molar-refractivity contribution is 0.0690. The van der Waals surface area contributed by atoms with Gasteiger partial charge in [0, 0.05) is 12.6 Å². The van der Waals surface area contributed by atoms with Crippen molar-refractivity contribution in [1.29, 1.82) is 0 Å². The molecule has 0 fully saturated rings. The summed E-state index contributed by atoms with van der Waals surface area (Å²) in [5, 5.41) is 12.6. The van der Waals surface area contributed by atoms with E-state index in [-0.39, 0.29) is 11.4 Å². The number of benzene rings is 1. The number of hydrogen-bond acceptors (Lipinski definition) is 3. The molecule has 94 valence electrons. The number of nitrogen functional groups attached to an aromatic ring is 1.